The summed E-state index contributed by atoms with van der Waals surface area (Å²) in [4.78, 5) is 24.4. The zero-order valence-electron chi connectivity index (χ0n) is 14.1. The van der Waals surface area contributed by atoms with Crippen LogP contribution in [-0.2, 0) is 15.1 Å². The molecule has 2 amide bonds. The van der Waals surface area contributed by atoms with Gasteiger partial charge in [-0.1, -0.05) is 12.1 Å². The fraction of sp³-hybridized carbons (Fsp3) is 0.263. The van der Waals surface area contributed by atoms with Gasteiger partial charge in [0.1, 0.15) is 11.6 Å². The summed E-state index contributed by atoms with van der Waals surface area (Å²) in [6, 6.07) is 11.2. The lowest BCUT2D eigenvalue weighted by atomic mass is 10.0. The molecule has 0 atom stereocenters. The summed E-state index contributed by atoms with van der Waals surface area (Å²) in [6.07, 6.45) is 1.36. The summed E-state index contributed by atoms with van der Waals surface area (Å²) < 4.78 is 18.5. The maximum atomic E-state index is 13.4. The highest BCUT2D eigenvalue weighted by atomic mass is 19.1. The van der Waals surface area contributed by atoms with Crippen LogP contribution in [0, 0.1) is 12.7 Å². The minimum Gasteiger partial charge on any atom is -0.497 e. The van der Waals surface area contributed by atoms with E-state index in [4.69, 9.17) is 4.74 Å². The highest BCUT2D eigenvalue weighted by Gasteiger charge is 2.46. The number of hydrogen-bond donors (Lipinski definition) is 2. The van der Waals surface area contributed by atoms with Gasteiger partial charge in [-0.3, -0.25) is 9.59 Å². The highest BCUT2D eigenvalue weighted by molar-refractivity contribution is 6.39. The summed E-state index contributed by atoms with van der Waals surface area (Å²) in [5.41, 5.74) is 1.35. The molecule has 0 spiro atoms. The SMILES string of the molecule is COc1ccc(NC(=O)C(=O)NC2(c3cccc(F)c3)CC2)c(C)c1. The van der Waals surface area contributed by atoms with Crippen molar-refractivity contribution in [2.45, 2.75) is 25.3 Å². The van der Waals surface area contributed by atoms with Crippen LogP contribution in [0.4, 0.5) is 10.1 Å². The van der Waals surface area contributed by atoms with Crippen LogP contribution in [-0.4, -0.2) is 18.9 Å². The summed E-state index contributed by atoms with van der Waals surface area (Å²) in [7, 11) is 1.56. The number of nitrogens with one attached hydrogen (secondary N) is 2. The first-order chi connectivity index (χ1) is 11.9. The van der Waals surface area contributed by atoms with E-state index in [-0.39, 0.29) is 5.82 Å². The predicted octanol–water partition coefficient (Wildman–Crippen LogP) is 2.89. The van der Waals surface area contributed by atoms with Gasteiger partial charge in [0.2, 0.25) is 0 Å². The van der Waals surface area contributed by atoms with E-state index in [1.54, 1.807) is 37.4 Å². The predicted molar refractivity (Wildman–Crippen MR) is 91.8 cm³/mol. The molecule has 0 radical (unpaired) electrons. The number of halogens is 1. The summed E-state index contributed by atoms with van der Waals surface area (Å²) in [5, 5.41) is 5.32. The van der Waals surface area contributed by atoms with E-state index in [1.807, 2.05) is 6.92 Å². The molecule has 3 rings (SSSR count). The van der Waals surface area contributed by atoms with Crippen LogP contribution < -0.4 is 15.4 Å². The molecular formula is C19H19FN2O3. The van der Waals surface area contributed by atoms with Gasteiger partial charge in [-0.25, -0.2) is 4.39 Å². The van der Waals surface area contributed by atoms with Gasteiger partial charge in [-0.15, -0.1) is 0 Å². The molecule has 2 aromatic rings. The third-order valence-electron chi connectivity index (χ3n) is 4.37. The second-order valence-corrected chi connectivity index (χ2v) is 6.18. The first-order valence-corrected chi connectivity index (χ1v) is 7.98. The van der Waals surface area contributed by atoms with Gasteiger partial charge in [-0.05, 0) is 61.2 Å². The van der Waals surface area contributed by atoms with E-state index < -0.39 is 17.4 Å². The van der Waals surface area contributed by atoms with Crippen LogP contribution in [0.15, 0.2) is 42.5 Å². The van der Waals surface area contributed by atoms with Crippen LogP contribution in [0.1, 0.15) is 24.0 Å². The van der Waals surface area contributed by atoms with Gasteiger partial charge < -0.3 is 15.4 Å². The van der Waals surface area contributed by atoms with E-state index in [2.05, 4.69) is 10.6 Å². The normalized spacial score (nSPS) is 14.5. The Morgan fingerprint density at radius 2 is 1.88 bits per heavy atom. The maximum absolute atomic E-state index is 13.4. The molecule has 5 nitrogen and oxygen atoms in total. The van der Waals surface area contributed by atoms with Crippen molar-refractivity contribution in [1.82, 2.24) is 5.32 Å². The van der Waals surface area contributed by atoms with Gasteiger partial charge in [0.25, 0.3) is 0 Å². The minimum absolute atomic E-state index is 0.365. The summed E-state index contributed by atoms with van der Waals surface area (Å²) >= 11 is 0. The Kier molecular flexibility index (Phi) is 4.44. The van der Waals surface area contributed by atoms with Crippen LogP contribution in [0.2, 0.25) is 0 Å². The lowest BCUT2D eigenvalue weighted by Crippen LogP contribution is -2.42. The average Bonchev–Trinajstić information content (AvgIpc) is 3.37. The van der Waals surface area contributed by atoms with Crippen molar-refractivity contribution in [1.29, 1.82) is 0 Å². The molecule has 0 aliphatic heterocycles. The Labute approximate surface area is 145 Å². The Hall–Kier alpha value is -2.89. The van der Waals surface area contributed by atoms with Crippen molar-refractivity contribution in [3.05, 3.63) is 59.4 Å². The van der Waals surface area contributed by atoms with Gasteiger partial charge in [-0.2, -0.15) is 0 Å². The summed E-state index contributed by atoms with van der Waals surface area (Å²) in [6.45, 7) is 1.81. The molecule has 130 valence electrons. The van der Waals surface area contributed by atoms with Crippen molar-refractivity contribution in [3.63, 3.8) is 0 Å². The first kappa shape index (κ1) is 17.0. The van der Waals surface area contributed by atoms with Gasteiger partial charge in [0, 0.05) is 5.69 Å². The maximum Gasteiger partial charge on any atom is 0.313 e. The number of methoxy groups -OCH3 is 1. The lowest BCUT2D eigenvalue weighted by Gasteiger charge is -2.18. The average molecular weight is 342 g/mol. The molecule has 25 heavy (non-hydrogen) atoms. The second kappa shape index (κ2) is 6.55. The number of aryl methyl sites for hydroxylation is 1. The van der Waals surface area contributed by atoms with Crippen molar-refractivity contribution < 1.29 is 18.7 Å². The number of carbonyl (C=O) groups excluding carboxylic acids is 2. The minimum atomic E-state index is -0.754. The molecule has 0 saturated heterocycles. The Balaban J connectivity index is 1.68. The van der Waals surface area contributed by atoms with Crippen molar-refractivity contribution in [2.24, 2.45) is 0 Å². The van der Waals surface area contributed by atoms with Crippen molar-refractivity contribution in [2.75, 3.05) is 12.4 Å². The van der Waals surface area contributed by atoms with Crippen LogP contribution in [0.25, 0.3) is 0 Å². The van der Waals surface area contributed by atoms with Crippen LogP contribution in [0.3, 0.4) is 0 Å². The molecule has 1 aliphatic rings. The van der Waals surface area contributed by atoms with Gasteiger partial charge in [0.15, 0.2) is 0 Å². The topological polar surface area (TPSA) is 67.4 Å². The molecule has 0 aromatic heterocycles. The van der Waals surface area contributed by atoms with E-state index in [0.29, 0.717) is 29.8 Å². The Morgan fingerprint density at radius 1 is 1.12 bits per heavy atom. The number of rotatable bonds is 4. The van der Waals surface area contributed by atoms with E-state index >= 15 is 0 Å². The number of anilines is 1. The number of benzene rings is 2. The molecule has 6 heteroatoms. The zero-order chi connectivity index (χ0) is 18.0. The largest absolute Gasteiger partial charge is 0.497 e. The van der Waals surface area contributed by atoms with Crippen LogP contribution in [0.5, 0.6) is 5.75 Å². The molecule has 2 N–H and O–H groups in total. The molecule has 2 aromatic carbocycles. The van der Waals surface area contributed by atoms with E-state index in [1.165, 1.54) is 12.1 Å². The molecule has 1 fully saturated rings. The fourth-order valence-corrected chi connectivity index (χ4v) is 2.75. The molecular weight excluding hydrogens is 323 g/mol. The van der Waals surface area contributed by atoms with E-state index in [9.17, 15) is 14.0 Å². The zero-order valence-corrected chi connectivity index (χ0v) is 14.1. The molecule has 0 bridgehead atoms. The first-order valence-electron chi connectivity index (χ1n) is 7.98. The quantitative estimate of drug-likeness (QED) is 0.840. The van der Waals surface area contributed by atoms with Crippen molar-refractivity contribution >= 4 is 17.5 Å². The Morgan fingerprint density at radius 3 is 2.48 bits per heavy atom. The number of ether oxygens (including phenoxy) is 1. The third-order valence-corrected chi connectivity index (χ3v) is 4.37. The smallest absolute Gasteiger partial charge is 0.313 e. The van der Waals surface area contributed by atoms with E-state index in [0.717, 1.165) is 5.56 Å². The summed E-state index contributed by atoms with van der Waals surface area (Å²) in [5.74, 6) is -1.19. The molecule has 1 aliphatic carbocycles. The monoisotopic (exact) mass is 342 g/mol. The Bertz CT molecular complexity index is 831. The lowest BCUT2D eigenvalue weighted by molar-refractivity contribution is -0.136. The highest BCUT2D eigenvalue weighted by Crippen LogP contribution is 2.45. The molecule has 0 heterocycles. The number of hydrogen-bond acceptors (Lipinski definition) is 3. The van der Waals surface area contributed by atoms with Gasteiger partial charge in [0.05, 0.1) is 12.6 Å². The van der Waals surface area contributed by atoms with Crippen molar-refractivity contribution in [3.8, 4) is 5.75 Å². The standard InChI is InChI=1S/C19H19FN2O3/c1-12-10-15(25-2)6-7-16(12)21-17(23)18(24)22-19(8-9-19)13-4-3-5-14(20)11-13/h3-7,10-11H,8-9H2,1-2H3,(H,21,23)(H,22,24). The third kappa shape index (κ3) is 3.63. The number of amides is 2. The second-order valence-electron chi connectivity index (χ2n) is 6.18. The van der Waals surface area contributed by atoms with Crippen LogP contribution >= 0.6 is 0 Å². The van der Waals surface area contributed by atoms with Gasteiger partial charge >= 0.3 is 11.8 Å². The molecule has 0 unspecified atom stereocenters. The fourth-order valence-electron chi connectivity index (χ4n) is 2.75. The number of carbonyl (C=O) groups is 2. The molecule has 1 saturated carbocycles.